The van der Waals surface area contributed by atoms with Crippen LogP contribution in [0.2, 0.25) is 0 Å². The van der Waals surface area contributed by atoms with Crippen LogP contribution in [0, 0.1) is 12.7 Å². The van der Waals surface area contributed by atoms with Crippen molar-refractivity contribution in [3.63, 3.8) is 0 Å². The Labute approximate surface area is 149 Å². The van der Waals surface area contributed by atoms with Gasteiger partial charge in [-0.1, -0.05) is 42.2 Å². The van der Waals surface area contributed by atoms with Crippen LogP contribution in [0.5, 0.6) is 5.75 Å². The molecule has 1 aliphatic heterocycles. The number of benzene rings is 2. The van der Waals surface area contributed by atoms with Gasteiger partial charge in [-0.3, -0.25) is 9.69 Å². The topological polar surface area (TPSA) is 29.5 Å². The lowest BCUT2D eigenvalue weighted by atomic mass is 10.1. The SMILES string of the molecule is COc1cc(/C=C2\SC(=S)N(c3cccc(F)c3)C2=O)ccc1C. The molecule has 0 aliphatic carbocycles. The maximum Gasteiger partial charge on any atom is 0.270 e. The lowest BCUT2D eigenvalue weighted by Crippen LogP contribution is -2.27. The Kier molecular flexibility index (Phi) is 4.69. The molecule has 1 saturated heterocycles. The summed E-state index contributed by atoms with van der Waals surface area (Å²) in [7, 11) is 1.61. The van der Waals surface area contributed by atoms with Gasteiger partial charge in [0.05, 0.1) is 17.7 Å². The molecule has 1 aliphatic rings. The van der Waals surface area contributed by atoms with E-state index in [4.69, 9.17) is 17.0 Å². The van der Waals surface area contributed by atoms with Crippen LogP contribution in [-0.4, -0.2) is 17.3 Å². The summed E-state index contributed by atoms with van der Waals surface area (Å²) in [6, 6.07) is 11.5. The number of rotatable bonds is 3. The van der Waals surface area contributed by atoms with Crippen molar-refractivity contribution >= 4 is 46.0 Å². The predicted octanol–water partition coefficient (Wildman–Crippen LogP) is 4.55. The van der Waals surface area contributed by atoms with E-state index >= 15 is 0 Å². The number of hydrogen-bond acceptors (Lipinski definition) is 4. The Bertz CT molecular complexity index is 864. The number of anilines is 1. The second-order valence-electron chi connectivity index (χ2n) is 5.23. The monoisotopic (exact) mass is 359 g/mol. The maximum atomic E-state index is 13.4. The Morgan fingerprint density at radius 1 is 1.25 bits per heavy atom. The highest BCUT2D eigenvalue weighted by Gasteiger charge is 2.33. The number of aryl methyl sites for hydroxylation is 1. The van der Waals surface area contributed by atoms with E-state index in [1.807, 2.05) is 25.1 Å². The number of thioether (sulfide) groups is 1. The molecule has 0 N–H and O–H groups in total. The van der Waals surface area contributed by atoms with Crippen LogP contribution in [0.15, 0.2) is 47.4 Å². The van der Waals surface area contributed by atoms with E-state index in [0.717, 1.165) is 16.9 Å². The lowest BCUT2D eigenvalue weighted by Gasteiger charge is -2.14. The van der Waals surface area contributed by atoms with E-state index < -0.39 is 5.82 Å². The molecule has 0 atom stereocenters. The highest BCUT2D eigenvalue weighted by molar-refractivity contribution is 8.27. The van der Waals surface area contributed by atoms with Gasteiger partial charge in [-0.05, 0) is 48.4 Å². The number of carbonyl (C=O) groups excluding carboxylic acids is 1. The van der Waals surface area contributed by atoms with Gasteiger partial charge in [-0.2, -0.15) is 0 Å². The Balaban J connectivity index is 1.94. The molecular formula is C18H14FNO2S2. The number of nitrogens with zero attached hydrogens (tertiary/aromatic N) is 1. The zero-order chi connectivity index (χ0) is 17.3. The Hall–Kier alpha value is -2.18. The van der Waals surface area contributed by atoms with Gasteiger partial charge < -0.3 is 4.74 Å². The molecule has 2 aromatic carbocycles. The third-order valence-corrected chi connectivity index (χ3v) is 4.89. The number of ether oxygens (including phenoxy) is 1. The standard InChI is InChI=1S/C18H14FNO2S2/c1-11-6-7-12(8-15(11)22-2)9-16-17(21)20(18(23)24-16)14-5-3-4-13(19)10-14/h3-10H,1-2H3/b16-9-. The highest BCUT2D eigenvalue weighted by Crippen LogP contribution is 2.36. The molecule has 1 amide bonds. The molecular weight excluding hydrogens is 345 g/mol. The maximum absolute atomic E-state index is 13.4. The Morgan fingerprint density at radius 3 is 2.75 bits per heavy atom. The zero-order valence-corrected chi connectivity index (χ0v) is 14.7. The van der Waals surface area contributed by atoms with Crippen molar-refractivity contribution in [1.29, 1.82) is 0 Å². The molecule has 0 radical (unpaired) electrons. The first kappa shape index (κ1) is 16.7. The van der Waals surface area contributed by atoms with Crippen LogP contribution in [-0.2, 0) is 4.79 Å². The van der Waals surface area contributed by atoms with Crippen molar-refractivity contribution in [3.05, 3.63) is 64.3 Å². The minimum Gasteiger partial charge on any atom is -0.496 e. The summed E-state index contributed by atoms with van der Waals surface area (Å²) in [5.74, 6) is 0.0910. The number of thiocarbonyl (C=S) groups is 1. The van der Waals surface area contributed by atoms with Gasteiger partial charge in [-0.15, -0.1) is 0 Å². The summed E-state index contributed by atoms with van der Waals surface area (Å²) >= 11 is 6.49. The van der Waals surface area contributed by atoms with E-state index in [1.54, 1.807) is 25.3 Å². The van der Waals surface area contributed by atoms with Crippen molar-refractivity contribution < 1.29 is 13.9 Å². The smallest absolute Gasteiger partial charge is 0.270 e. The van der Waals surface area contributed by atoms with E-state index in [0.29, 0.717) is 14.9 Å². The molecule has 2 aromatic rings. The van der Waals surface area contributed by atoms with Gasteiger partial charge in [0.2, 0.25) is 0 Å². The van der Waals surface area contributed by atoms with Crippen LogP contribution in [0.25, 0.3) is 6.08 Å². The molecule has 0 spiro atoms. The second kappa shape index (κ2) is 6.75. The summed E-state index contributed by atoms with van der Waals surface area (Å²) in [4.78, 5) is 14.5. The summed E-state index contributed by atoms with van der Waals surface area (Å²) < 4.78 is 19.1. The van der Waals surface area contributed by atoms with Crippen LogP contribution < -0.4 is 9.64 Å². The van der Waals surface area contributed by atoms with Gasteiger partial charge in [0, 0.05) is 0 Å². The average Bonchev–Trinajstić information content (AvgIpc) is 2.83. The first-order valence-electron chi connectivity index (χ1n) is 7.18. The molecule has 3 rings (SSSR count). The summed E-state index contributed by atoms with van der Waals surface area (Å²) in [5, 5.41) is 0. The fourth-order valence-corrected chi connectivity index (χ4v) is 3.68. The largest absolute Gasteiger partial charge is 0.496 e. The number of amides is 1. The molecule has 0 bridgehead atoms. The Morgan fingerprint density at radius 2 is 2.04 bits per heavy atom. The summed E-state index contributed by atoms with van der Waals surface area (Å²) in [5.41, 5.74) is 2.29. The van der Waals surface area contributed by atoms with Gasteiger partial charge in [-0.25, -0.2) is 4.39 Å². The molecule has 0 saturated carbocycles. The van der Waals surface area contributed by atoms with E-state index in [-0.39, 0.29) is 5.91 Å². The predicted molar refractivity (Wildman–Crippen MR) is 99.8 cm³/mol. The molecule has 3 nitrogen and oxygen atoms in total. The third-order valence-electron chi connectivity index (χ3n) is 3.59. The number of hydrogen-bond donors (Lipinski definition) is 0. The number of halogens is 1. The first-order chi connectivity index (χ1) is 11.5. The van der Waals surface area contributed by atoms with Gasteiger partial charge >= 0.3 is 0 Å². The molecule has 6 heteroatoms. The molecule has 1 fully saturated rings. The zero-order valence-electron chi connectivity index (χ0n) is 13.1. The molecule has 24 heavy (non-hydrogen) atoms. The summed E-state index contributed by atoms with van der Waals surface area (Å²) in [6.07, 6.45) is 1.76. The summed E-state index contributed by atoms with van der Waals surface area (Å²) in [6.45, 7) is 1.95. The van der Waals surface area contributed by atoms with Crippen LogP contribution in [0.1, 0.15) is 11.1 Å². The van der Waals surface area contributed by atoms with Gasteiger partial charge in [0.1, 0.15) is 11.6 Å². The van der Waals surface area contributed by atoms with Crippen LogP contribution in [0.3, 0.4) is 0 Å². The van der Waals surface area contributed by atoms with Crippen LogP contribution >= 0.6 is 24.0 Å². The third kappa shape index (κ3) is 3.20. The minimum atomic E-state index is -0.409. The highest BCUT2D eigenvalue weighted by atomic mass is 32.2. The molecule has 122 valence electrons. The normalized spacial score (nSPS) is 16.1. The van der Waals surface area contributed by atoms with Gasteiger partial charge in [0.25, 0.3) is 5.91 Å². The minimum absolute atomic E-state index is 0.254. The van der Waals surface area contributed by atoms with Crippen molar-refractivity contribution in [2.45, 2.75) is 6.92 Å². The van der Waals surface area contributed by atoms with Crippen LogP contribution in [0.4, 0.5) is 10.1 Å². The number of methoxy groups -OCH3 is 1. The fourth-order valence-electron chi connectivity index (χ4n) is 2.38. The average molecular weight is 359 g/mol. The van der Waals surface area contributed by atoms with Crippen molar-refractivity contribution in [3.8, 4) is 5.75 Å². The quantitative estimate of drug-likeness (QED) is 0.594. The fraction of sp³-hybridized carbons (Fsp3) is 0.111. The van der Waals surface area contributed by atoms with Crippen molar-refractivity contribution in [2.24, 2.45) is 0 Å². The van der Waals surface area contributed by atoms with E-state index in [1.165, 1.54) is 28.8 Å². The second-order valence-corrected chi connectivity index (χ2v) is 6.90. The number of carbonyl (C=O) groups is 1. The van der Waals surface area contributed by atoms with E-state index in [2.05, 4.69) is 0 Å². The molecule has 0 aromatic heterocycles. The van der Waals surface area contributed by atoms with Crippen molar-refractivity contribution in [2.75, 3.05) is 12.0 Å². The first-order valence-corrected chi connectivity index (χ1v) is 8.40. The van der Waals surface area contributed by atoms with Gasteiger partial charge in [0.15, 0.2) is 4.32 Å². The molecule has 0 unspecified atom stereocenters. The lowest BCUT2D eigenvalue weighted by molar-refractivity contribution is -0.113. The van der Waals surface area contributed by atoms with E-state index in [9.17, 15) is 9.18 Å². The molecule has 1 heterocycles. The van der Waals surface area contributed by atoms with Crippen molar-refractivity contribution in [1.82, 2.24) is 0 Å².